The first kappa shape index (κ1) is 18.2. The van der Waals surface area contributed by atoms with E-state index in [-0.39, 0.29) is 0 Å². The number of rotatable bonds is 4. The van der Waals surface area contributed by atoms with E-state index in [1.54, 1.807) is 12.4 Å². The second kappa shape index (κ2) is 8.69. The molecule has 0 spiro atoms. The molecule has 0 bridgehead atoms. The van der Waals surface area contributed by atoms with Crippen LogP contribution in [0.2, 0.25) is 0 Å². The van der Waals surface area contributed by atoms with Gasteiger partial charge in [0.25, 0.3) is 0 Å². The number of benzene rings is 2. The largest absolute Gasteiger partial charge is 0.357 e. The molecule has 1 aliphatic rings. The summed E-state index contributed by atoms with van der Waals surface area (Å²) in [5.74, 6) is 1.78. The maximum atomic E-state index is 4.89. The lowest BCUT2D eigenvalue weighted by Crippen LogP contribution is -2.52. The van der Waals surface area contributed by atoms with E-state index in [9.17, 15) is 0 Å². The molecule has 144 valence electrons. The number of hydrogen-bond acceptors (Lipinski definition) is 4. The average Bonchev–Trinajstić information content (AvgIpc) is 2.77. The van der Waals surface area contributed by atoms with E-state index < -0.39 is 0 Å². The fourth-order valence-electron chi connectivity index (χ4n) is 3.50. The number of piperazine rings is 1. The fourth-order valence-corrected chi connectivity index (χ4v) is 3.50. The second-order valence-corrected chi connectivity index (χ2v) is 6.87. The molecule has 1 N–H and O–H groups in total. The van der Waals surface area contributed by atoms with Gasteiger partial charge in [-0.15, -0.1) is 0 Å². The van der Waals surface area contributed by atoms with Crippen molar-refractivity contribution < 1.29 is 0 Å². The summed E-state index contributed by atoms with van der Waals surface area (Å²) in [6.07, 6.45) is 3.59. The molecule has 1 saturated heterocycles. The molecule has 0 atom stereocenters. The lowest BCUT2D eigenvalue weighted by molar-refractivity contribution is 0.370. The van der Waals surface area contributed by atoms with Crippen molar-refractivity contribution in [3.8, 4) is 0 Å². The maximum Gasteiger partial charge on any atom is 0.225 e. The fraction of sp³-hybridized carbons (Fsp3) is 0.318. The second-order valence-electron chi connectivity index (χ2n) is 6.87. The van der Waals surface area contributed by atoms with Crippen molar-refractivity contribution in [2.45, 2.75) is 13.5 Å². The monoisotopic (exact) mass is 374 g/mol. The summed E-state index contributed by atoms with van der Waals surface area (Å²) in [5.41, 5.74) is 1.23. The zero-order valence-corrected chi connectivity index (χ0v) is 16.3. The van der Waals surface area contributed by atoms with Gasteiger partial charge in [0.2, 0.25) is 5.95 Å². The minimum absolute atomic E-state index is 0.676. The van der Waals surface area contributed by atoms with E-state index in [0.29, 0.717) is 6.54 Å². The molecule has 6 heteroatoms. The minimum atomic E-state index is 0.676. The minimum Gasteiger partial charge on any atom is -0.357 e. The SMILES string of the molecule is CCNC(=NCc1ccc2ccccc2c1)N1CCN(c2ncccn2)CC1. The number of nitrogens with one attached hydrogen (secondary N) is 1. The summed E-state index contributed by atoms with van der Waals surface area (Å²) >= 11 is 0. The van der Waals surface area contributed by atoms with Gasteiger partial charge < -0.3 is 15.1 Å². The standard InChI is InChI=1S/C22H26N6/c1-2-23-21(26-17-18-8-9-19-6-3-4-7-20(19)16-18)27-12-14-28(15-13-27)22-24-10-5-11-25-22/h3-11,16H,2,12-15,17H2,1H3,(H,23,26). The summed E-state index contributed by atoms with van der Waals surface area (Å²) in [6.45, 7) is 7.24. The van der Waals surface area contributed by atoms with Gasteiger partial charge in [0.1, 0.15) is 0 Å². The first-order valence-corrected chi connectivity index (χ1v) is 9.86. The van der Waals surface area contributed by atoms with Gasteiger partial charge in [-0.1, -0.05) is 36.4 Å². The molecule has 0 unspecified atom stereocenters. The van der Waals surface area contributed by atoms with Crippen LogP contribution in [0.25, 0.3) is 10.8 Å². The van der Waals surface area contributed by atoms with Gasteiger partial charge in [-0.05, 0) is 35.4 Å². The maximum absolute atomic E-state index is 4.89. The van der Waals surface area contributed by atoms with Gasteiger partial charge in [0.05, 0.1) is 6.54 Å². The van der Waals surface area contributed by atoms with E-state index in [1.165, 1.54) is 16.3 Å². The predicted molar refractivity (Wildman–Crippen MR) is 115 cm³/mol. The molecule has 28 heavy (non-hydrogen) atoms. The van der Waals surface area contributed by atoms with Crippen LogP contribution in [0.4, 0.5) is 5.95 Å². The van der Waals surface area contributed by atoms with Crippen molar-refractivity contribution in [2.75, 3.05) is 37.6 Å². The van der Waals surface area contributed by atoms with Crippen LogP contribution in [0.15, 0.2) is 65.9 Å². The molecular weight excluding hydrogens is 348 g/mol. The Hall–Kier alpha value is -3.15. The highest BCUT2D eigenvalue weighted by atomic mass is 15.4. The Labute approximate surface area is 165 Å². The molecule has 3 aromatic rings. The number of aliphatic imine (C=N–C) groups is 1. The number of guanidine groups is 1. The number of aromatic nitrogens is 2. The van der Waals surface area contributed by atoms with Crippen molar-refractivity contribution in [1.29, 1.82) is 0 Å². The Balaban J connectivity index is 1.43. The molecule has 6 nitrogen and oxygen atoms in total. The molecule has 1 aromatic heterocycles. The number of fused-ring (bicyclic) bond motifs is 1. The van der Waals surface area contributed by atoms with Crippen molar-refractivity contribution in [3.63, 3.8) is 0 Å². The van der Waals surface area contributed by atoms with Crippen molar-refractivity contribution in [2.24, 2.45) is 4.99 Å². The summed E-state index contributed by atoms with van der Waals surface area (Å²) in [4.78, 5) is 18.2. The first-order chi connectivity index (χ1) is 13.8. The predicted octanol–water partition coefficient (Wildman–Crippen LogP) is 2.92. The van der Waals surface area contributed by atoms with Crippen molar-refractivity contribution >= 4 is 22.7 Å². The highest BCUT2D eigenvalue weighted by Gasteiger charge is 2.21. The Morgan fingerprint density at radius 2 is 1.71 bits per heavy atom. The molecule has 1 fully saturated rings. The quantitative estimate of drug-likeness (QED) is 0.562. The van der Waals surface area contributed by atoms with Gasteiger partial charge in [0.15, 0.2) is 5.96 Å². The molecule has 0 radical (unpaired) electrons. The summed E-state index contributed by atoms with van der Waals surface area (Å²) < 4.78 is 0. The Kier molecular flexibility index (Phi) is 5.66. The highest BCUT2D eigenvalue weighted by Crippen LogP contribution is 2.16. The molecule has 2 aromatic carbocycles. The summed E-state index contributed by atoms with van der Waals surface area (Å²) in [5, 5.41) is 5.97. The van der Waals surface area contributed by atoms with Crippen molar-refractivity contribution in [3.05, 3.63) is 66.5 Å². The number of hydrogen-bond donors (Lipinski definition) is 1. The molecule has 0 aliphatic carbocycles. The average molecular weight is 374 g/mol. The number of anilines is 1. The third-order valence-electron chi connectivity index (χ3n) is 4.97. The Morgan fingerprint density at radius 1 is 0.964 bits per heavy atom. The van der Waals surface area contributed by atoms with Crippen LogP contribution < -0.4 is 10.2 Å². The summed E-state index contributed by atoms with van der Waals surface area (Å²) in [6, 6.07) is 16.9. The molecule has 2 heterocycles. The lowest BCUT2D eigenvalue weighted by atomic mass is 10.1. The third kappa shape index (κ3) is 4.22. The van der Waals surface area contributed by atoms with E-state index in [4.69, 9.17) is 4.99 Å². The van der Waals surface area contributed by atoms with Gasteiger partial charge in [0, 0.05) is 45.1 Å². The van der Waals surface area contributed by atoms with Gasteiger partial charge >= 0.3 is 0 Å². The van der Waals surface area contributed by atoms with Gasteiger partial charge in [-0.3, -0.25) is 0 Å². The van der Waals surface area contributed by atoms with Crippen LogP contribution in [0.1, 0.15) is 12.5 Å². The van der Waals surface area contributed by atoms with E-state index >= 15 is 0 Å². The van der Waals surface area contributed by atoms with E-state index in [2.05, 4.69) is 74.5 Å². The van der Waals surface area contributed by atoms with Crippen LogP contribution in [0.5, 0.6) is 0 Å². The lowest BCUT2D eigenvalue weighted by Gasteiger charge is -2.36. The normalized spacial score (nSPS) is 15.1. The Bertz CT molecular complexity index is 932. The Morgan fingerprint density at radius 3 is 2.46 bits per heavy atom. The topological polar surface area (TPSA) is 56.7 Å². The first-order valence-electron chi connectivity index (χ1n) is 9.86. The highest BCUT2D eigenvalue weighted by molar-refractivity contribution is 5.83. The molecule has 1 aliphatic heterocycles. The van der Waals surface area contributed by atoms with Crippen molar-refractivity contribution in [1.82, 2.24) is 20.2 Å². The van der Waals surface area contributed by atoms with Crippen LogP contribution in [-0.2, 0) is 6.54 Å². The zero-order chi connectivity index (χ0) is 19.2. The molecule has 0 amide bonds. The molecule has 0 saturated carbocycles. The van der Waals surface area contributed by atoms with Crippen LogP contribution in [0, 0.1) is 0 Å². The van der Waals surface area contributed by atoms with E-state index in [1.807, 2.05) is 6.07 Å². The molecule has 4 rings (SSSR count). The van der Waals surface area contributed by atoms with E-state index in [0.717, 1.165) is 44.6 Å². The zero-order valence-electron chi connectivity index (χ0n) is 16.3. The third-order valence-corrected chi connectivity index (χ3v) is 4.97. The van der Waals surface area contributed by atoms with Crippen LogP contribution in [-0.4, -0.2) is 53.6 Å². The molecular formula is C22H26N6. The smallest absolute Gasteiger partial charge is 0.225 e. The number of nitrogens with zero attached hydrogens (tertiary/aromatic N) is 5. The van der Waals surface area contributed by atoms with Crippen LogP contribution >= 0.6 is 0 Å². The van der Waals surface area contributed by atoms with Crippen LogP contribution in [0.3, 0.4) is 0 Å². The van der Waals surface area contributed by atoms with Gasteiger partial charge in [-0.25, -0.2) is 15.0 Å². The summed E-state index contributed by atoms with van der Waals surface area (Å²) in [7, 11) is 0. The van der Waals surface area contributed by atoms with Gasteiger partial charge in [-0.2, -0.15) is 0 Å².